The van der Waals surface area contributed by atoms with E-state index in [2.05, 4.69) is 46.3 Å². The van der Waals surface area contributed by atoms with Gasteiger partial charge in [-0.25, -0.2) is 0 Å². The molecule has 1 aromatic heterocycles. The molecular formula is C25H25N3. The molecule has 0 saturated heterocycles. The summed E-state index contributed by atoms with van der Waals surface area (Å²) in [4.78, 5) is 6.78. The number of hydrogen-bond donors (Lipinski definition) is 0. The van der Waals surface area contributed by atoms with Crippen LogP contribution in [0.3, 0.4) is 0 Å². The lowest BCUT2D eigenvalue weighted by Gasteiger charge is -2.31. The van der Waals surface area contributed by atoms with E-state index in [1.54, 1.807) is 0 Å². The van der Waals surface area contributed by atoms with Gasteiger partial charge in [-0.1, -0.05) is 66.7 Å². The molecule has 0 N–H and O–H groups in total. The highest BCUT2D eigenvalue weighted by Crippen LogP contribution is 2.37. The Kier molecular flexibility index (Phi) is 5.50. The van der Waals surface area contributed by atoms with E-state index < -0.39 is 5.41 Å². The van der Waals surface area contributed by atoms with E-state index in [-0.39, 0.29) is 0 Å². The number of hydrogen-bond acceptors (Lipinski definition) is 3. The quantitative estimate of drug-likeness (QED) is 0.566. The SMILES string of the molecule is N#CC(CCN(Cc1cccnc1)C1CC1)(c1ccccc1)c1ccccc1. The summed E-state index contributed by atoms with van der Waals surface area (Å²) >= 11 is 0. The second-order valence-corrected chi connectivity index (χ2v) is 7.56. The maximum Gasteiger partial charge on any atom is 0.108 e. The van der Waals surface area contributed by atoms with Gasteiger partial charge in [-0.15, -0.1) is 0 Å². The van der Waals surface area contributed by atoms with E-state index in [0.29, 0.717) is 6.04 Å². The van der Waals surface area contributed by atoms with Crippen LogP contribution in [0.25, 0.3) is 0 Å². The van der Waals surface area contributed by atoms with E-state index in [4.69, 9.17) is 0 Å². The van der Waals surface area contributed by atoms with Crippen molar-refractivity contribution in [1.82, 2.24) is 9.88 Å². The number of nitrogens with zero attached hydrogens (tertiary/aromatic N) is 3. The van der Waals surface area contributed by atoms with E-state index in [1.807, 2.05) is 54.9 Å². The molecule has 3 nitrogen and oxygen atoms in total. The van der Waals surface area contributed by atoms with Crippen LogP contribution in [0.1, 0.15) is 36.0 Å². The van der Waals surface area contributed by atoms with Crippen LogP contribution >= 0.6 is 0 Å². The second kappa shape index (κ2) is 8.37. The maximum atomic E-state index is 10.4. The third kappa shape index (κ3) is 3.98. The minimum atomic E-state index is -0.634. The zero-order valence-electron chi connectivity index (χ0n) is 16.0. The lowest BCUT2D eigenvalue weighted by Crippen LogP contribution is -2.34. The lowest BCUT2D eigenvalue weighted by atomic mass is 9.73. The predicted octanol–water partition coefficient (Wildman–Crippen LogP) is 4.95. The highest BCUT2D eigenvalue weighted by atomic mass is 15.2. The maximum absolute atomic E-state index is 10.4. The van der Waals surface area contributed by atoms with Gasteiger partial charge in [-0.05, 0) is 42.0 Å². The summed E-state index contributed by atoms with van der Waals surface area (Å²) < 4.78 is 0. The van der Waals surface area contributed by atoms with Crippen molar-refractivity contribution in [3.8, 4) is 6.07 Å². The molecule has 3 aromatic rings. The molecule has 0 amide bonds. The van der Waals surface area contributed by atoms with Crippen molar-refractivity contribution in [1.29, 1.82) is 5.26 Å². The van der Waals surface area contributed by atoms with Crippen molar-refractivity contribution in [2.24, 2.45) is 0 Å². The minimum Gasteiger partial charge on any atom is -0.296 e. The van der Waals surface area contributed by atoms with E-state index in [9.17, 15) is 5.26 Å². The number of rotatable bonds is 8. The molecule has 2 aromatic carbocycles. The first-order valence-corrected chi connectivity index (χ1v) is 9.97. The predicted molar refractivity (Wildman–Crippen MR) is 112 cm³/mol. The number of benzene rings is 2. The van der Waals surface area contributed by atoms with Gasteiger partial charge in [-0.3, -0.25) is 9.88 Å². The van der Waals surface area contributed by atoms with Gasteiger partial charge in [0.15, 0.2) is 0 Å². The van der Waals surface area contributed by atoms with Gasteiger partial charge in [0.1, 0.15) is 5.41 Å². The number of pyridine rings is 1. The Hall–Kier alpha value is -2.96. The van der Waals surface area contributed by atoms with Crippen molar-refractivity contribution in [2.75, 3.05) is 6.54 Å². The Balaban J connectivity index is 1.61. The Labute approximate surface area is 167 Å². The highest BCUT2D eigenvalue weighted by molar-refractivity contribution is 5.45. The van der Waals surface area contributed by atoms with Crippen molar-refractivity contribution in [3.63, 3.8) is 0 Å². The smallest absolute Gasteiger partial charge is 0.108 e. The summed E-state index contributed by atoms with van der Waals surface area (Å²) in [7, 11) is 0. The molecule has 1 aliphatic carbocycles. The van der Waals surface area contributed by atoms with Crippen LogP contribution < -0.4 is 0 Å². The van der Waals surface area contributed by atoms with Crippen LogP contribution in [-0.4, -0.2) is 22.5 Å². The average molecular weight is 367 g/mol. The lowest BCUT2D eigenvalue weighted by molar-refractivity contribution is 0.240. The van der Waals surface area contributed by atoms with Crippen molar-refractivity contribution >= 4 is 0 Å². The number of aromatic nitrogens is 1. The molecule has 0 unspecified atom stereocenters. The normalized spacial score (nSPS) is 14.0. The first kappa shape index (κ1) is 18.4. The first-order chi connectivity index (χ1) is 13.8. The van der Waals surface area contributed by atoms with Crippen LogP contribution in [0, 0.1) is 11.3 Å². The highest BCUT2D eigenvalue weighted by Gasteiger charge is 2.37. The fraction of sp³-hybridized carbons (Fsp3) is 0.280. The van der Waals surface area contributed by atoms with E-state index in [0.717, 1.165) is 30.6 Å². The summed E-state index contributed by atoms with van der Waals surface area (Å²) in [5.74, 6) is 0. The standard InChI is InChI=1S/C25H25N3/c26-20-25(22-9-3-1-4-10-22,23-11-5-2-6-12-23)15-17-28(24-13-14-24)19-21-8-7-16-27-18-21/h1-12,16,18,24H,13-15,17,19H2. The van der Waals surface area contributed by atoms with Crippen LogP contribution in [0.2, 0.25) is 0 Å². The molecule has 0 aliphatic heterocycles. The van der Waals surface area contributed by atoms with Crippen LogP contribution in [0.5, 0.6) is 0 Å². The zero-order chi connectivity index (χ0) is 19.2. The summed E-state index contributed by atoms with van der Waals surface area (Å²) in [6, 6.07) is 27.9. The third-order valence-corrected chi connectivity index (χ3v) is 5.67. The largest absolute Gasteiger partial charge is 0.296 e. The molecule has 28 heavy (non-hydrogen) atoms. The van der Waals surface area contributed by atoms with Crippen molar-refractivity contribution in [3.05, 3.63) is 102 Å². The summed E-state index contributed by atoms with van der Waals surface area (Å²) in [5.41, 5.74) is 2.74. The molecule has 1 fully saturated rings. The Morgan fingerprint density at radius 3 is 2.07 bits per heavy atom. The first-order valence-electron chi connectivity index (χ1n) is 9.97. The second-order valence-electron chi connectivity index (χ2n) is 7.56. The molecule has 1 aliphatic rings. The van der Waals surface area contributed by atoms with Gasteiger partial charge in [0.25, 0.3) is 0 Å². The van der Waals surface area contributed by atoms with Crippen LogP contribution in [-0.2, 0) is 12.0 Å². The fourth-order valence-corrected chi connectivity index (χ4v) is 3.95. The molecular weight excluding hydrogens is 342 g/mol. The van der Waals surface area contributed by atoms with Crippen molar-refractivity contribution < 1.29 is 0 Å². The molecule has 1 saturated carbocycles. The Bertz CT molecular complexity index is 873. The molecule has 0 bridgehead atoms. The molecule has 0 atom stereocenters. The van der Waals surface area contributed by atoms with Gasteiger partial charge in [0, 0.05) is 31.5 Å². The Morgan fingerprint density at radius 1 is 0.929 bits per heavy atom. The van der Waals surface area contributed by atoms with E-state index >= 15 is 0 Å². The van der Waals surface area contributed by atoms with Crippen LogP contribution in [0.15, 0.2) is 85.2 Å². The van der Waals surface area contributed by atoms with Gasteiger partial charge in [0.05, 0.1) is 6.07 Å². The van der Waals surface area contributed by atoms with Crippen LogP contribution in [0.4, 0.5) is 0 Å². The van der Waals surface area contributed by atoms with Gasteiger partial charge in [-0.2, -0.15) is 5.26 Å². The fourth-order valence-electron chi connectivity index (χ4n) is 3.95. The third-order valence-electron chi connectivity index (χ3n) is 5.67. The molecule has 4 rings (SSSR count). The minimum absolute atomic E-state index is 0.628. The summed E-state index contributed by atoms with van der Waals surface area (Å²) in [6.45, 7) is 1.78. The molecule has 1 heterocycles. The molecule has 3 heteroatoms. The number of nitriles is 1. The van der Waals surface area contributed by atoms with Crippen molar-refractivity contribution in [2.45, 2.75) is 37.3 Å². The molecule has 0 spiro atoms. The summed E-state index contributed by atoms with van der Waals surface area (Å²) in [6.07, 6.45) is 7.03. The average Bonchev–Trinajstić information content (AvgIpc) is 3.61. The summed E-state index contributed by atoms with van der Waals surface area (Å²) in [5, 5.41) is 10.4. The monoisotopic (exact) mass is 367 g/mol. The topological polar surface area (TPSA) is 39.9 Å². The van der Waals surface area contributed by atoms with E-state index in [1.165, 1.54) is 18.4 Å². The molecule has 140 valence electrons. The Morgan fingerprint density at radius 2 is 1.57 bits per heavy atom. The van der Waals surface area contributed by atoms with Gasteiger partial charge < -0.3 is 0 Å². The van der Waals surface area contributed by atoms with Gasteiger partial charge >= 0.3 is 0 Å². The van der Waals surface area contributed by atoms with Gasteiger partial charge in [0.2, 0.25) is 0 Å². The molecule has 0 radical (unpaired) electrons. The zero-order valence-corrected chi connectivity index (χ0v) is 16.0.